The molecule has 0 amide bonds. The second-order valence-corrected chi connectivity index (χ2v) is 6.75. The van der Waals surface area contributed by atoms with E-state index >= 15 is 0 Å². The molecule has 0 saturated carbocycles. The zero-order valence-corrected chi connectivity index (χ0v) is 12.2. The predicted molar refractivity (Wildman–Crippen MR) is 69.0 cm³/mol. The fraction of sp³-hybridized carbons (Fsp3) is 1.00. The van der Waals surface area contributed by atoms with Crippen LogP contribution in [0.15, 0.2) is 0 Å². The van der Waals surface area contributed by atoms with Gasteiger partial charge in [0, 0.05) is 12.1 Å². The Hall–Kier alpha value is 0.120. The van der Waals surface area contributed by atoms with Gasteiger partial charge < -0.3 is 9.47 Å². The third-order valence-corrected chi connectivity index (χ3v) is 4.41. The van der Waals surface area contributed by atoms with Crippen LogP contribution in [0.25, 0.3) is 0 Å². The molecule has 0 rings (SSSR count). The number of hydrogen-bond acceptors (Lipinski definition) is 5. The normalized spacial score (nSPS) is 12.9. The number of halogens is 1. The van der Waals surface area contributed by atoms with Crippen molar-refractivity contribution in [3.05, 3.63) is 0 Å². The lowest BCUT2D eigenvalue weighted by atomic mass is 10.1. The van der Waals surface area contributed by atoms with E-state index in [0.29, 0.717) is 19.8 Å². The molecule has 0 aliphatic rings. The molecule has 0 fully saturated rings. The van der Waals surface area contributed by atoms with Gasteiger partial charge >= 0.3 is 0 Å². The maximum Gasteiger partial charge on any atom is 0.154 e. The predicted octanol–water partition coefficient (Wildman–Crippen LogP) is 0.976. The lowest BCUT2D eigenvalue weighted by molar-refractivity contribution is 0.0590. The van der Waals surface area contributed by atoms with E-state index in [1.165, 1.54) is 0 Å². The first-order valence-electron chi connectivity index (χ1n) is 5.57. The van der Waals surface area contributed by atoms with Crippen molar-refractivity contribution in [2.75, 3.05) is 37.9 Å². The number of rotatable bonds is 10. The van der Waals surface area contributed by atoms with Gasteiger partial charge in [0.15, 0.2) is 9.84 Å². The molecule has 104 valence electrons. The van der Waals surface area contributed by atoms with Crippen molar-refractivity contribution in [2.45, 2.75) is 26.3 Å². The van der Waals surface area contributed by atoms with Crippen LogP contribution in [-0.4, -0.2) is 51.9 Å². The summed E-state index contributed by atoms with van der Waals surface area (Å²) in [6.45, 7) is 7.09. The van der Waals surface area contributed by atoms with Crippen LogP contribution >= 0.6 is 11.8 Å². The highest BCUT2D eigenvalue weighted by Crippen LogP contribution is 2.08. The SMILES string of the molecule is CCOCCOCCS(=O)(=O)CC(C)(C)NCl. The third-order valence-electron chi connectivity index (χ3n) is 1.95. The summed E-state index contributed by atoms with van der Waals surface area (Å²) < 4.78 is 33.6. The van der Waals surface area contributed by atoms with E-state index in [4.69, 9.17) is 21.3 Å². The minimum absolute atomic E-state index is 0.00111. The largest absolute Gasteiger partial charge is 0.379 e. The van der Waals surface area contributed by atoms with Crippen molar-refractivity contribution < 1.29 is 17.9 Å². The Morgan fingerprint density at radius 2 is 1.76 bits per heavy atom. The molecule has 0 saturated heterocycles. The molecule has 0 bridgehead atoms. The number of hydrogen-bond donors (Lipinski definition) is 1. The fourth-order valence-electron chi connectivity index (χ4n) is 1.20. The highest BCUT2D eigenvalue weighted by atomic mass is 35.5. The van der Waals surface area contributed by atoms with Crippen molar-refractivity contribution >= 4 is 21.6 Å². The molecular formula is C10H22ClNO4S. The van der Waals surface area contributed by atoms with Gasteiger partial charge in [0.25, 0.3) is 0 Å². The Morgan fingerprint density at radius 1 is 1.18 bits per heavy atom. The second kappa shape index (κ2) is 8.26. The van der Waals surface area contributed by atoms with Gasteiger partial charge in [-0.2, -0.15) is 0 Å². The highest BCUT2D eigenvalue weighted by Gasteiger charge is 2.25. The van der Waals surface area contributed by atoms with Crippen molar-refractivity contribution in [3.8, 4) is 0 Å². The van der Waals surface area contributed by atoms with E-state index in [1.807, 2.05) is 6.92 Å². The molecule has 0 aromatic rings. The second-order valence-electron chi connectivity index (χ2n) is 4.38. The van der Waals surface area contributed by atoms with Crippen LogP contribution in [0.4, 0.5) is 0 Å². The van der Waals surface area contributed by atoms with Gasteiger partial charge in [-0.25, -0.2) is 13.3 Å². The monoisotopic (exact) mass is 287 g/mol. The van der Waals surface area contributed by atoms with Crippen LogP contribution < -0.4 is 4.84 Å². The van der Waals surface area contributed by atoms with E-state index in [1.54, 1.807) is 13.8 Å². The van der Waals surface area contributed by atoms with Gasteiger partial charge in [-0.3, -0.25) is 0 Å². The zero-order valence-electron chi connectivity index (χ0n) is 10.7. The van der Waals surface area contributed by atoms with E-state index in [0.717, 1.165) is 0 Å². The molecule has 1 N–H and O–H groups in total. The molecule has 0 aromatic carbocycles. The van der Waals surface area contributed by atoms with Gasteiger partial charge in [0.05, 0.1) is 31.3 Å². The van der Waals surface area contributed by atoms with Crippen LogP contribution in [0.2, 0.25) is 0 Å². The number of sulfone groups is 1. The Kier molecular flexibility index (Phi) is 8.32. The summed E-state index contributed by atoms with van der Waals surface area (Å²) in [7, 11) is -3.16. The van der Waals surface area contributed by atoms with Gasteiger partial charge in [0.2, 0.25) is 0 Å². The molecule has 0 aromatic heterocycles. The lowest BCUT2D eigenvalue weighted by Crippen LogP contribution is -2.41. The number of ether oxygens (including phenoxy) is 2. The van der Waals surface area contributed by atoms with Gasteiger partial charge in [0.1, 0.15) is 0 Å². The quantitative estimate of drug-likeness (QED) is 0.479. The molecule has 0 aliphatic carbocycles. The third kappa shape index (κ3) is 9.79. The van der Waals surface area contributed by atoms with E-state index < -0.39 is 15.4 Å². The molecule has 5 nitrogen and oxygen atoms in total. The van der Waals surface area contributed by atoms with Gasteiger partial charge in [-0.1, -0.05) is 0 Å². The summed E-state index contributed by atoms with van der Waals surface area (Å²) in [6.07, 6.45) is 0. The summed E-state index contributed by atoms with van der Waals surface area (Å²) >= 11 is 5.46. The molecule has 0 heterocycles. The standard InChI is InChI=1S/C10H22ClNO4S/c1-4-15-5-6-16-7-8-17(13,14)9-10(2,3)12-11/h12H,4-9H2,1-3H3. The first-order valence-corrected chi connectivity index (χ1v) is 7.76. The van der Waals surface area contributed by atoms with Crippen molar-refractivity contribution in [2.24, 2.45) is 0 Å². The Morgan fingerprint density at radius 3 is 2.29 bits per heavy atom. The molecule has 17 heavy (non-hydrogen) atoms. The minimum atomic E-state index is -3.16. The van der Waals surface area contributed by atoms with Crippen molar-refractivity contribution in [1.29, 1.82) is 0 Å². The van der Waals surface area contributed by atoms with Crippen LogP contribution in [0.3, 0.4) is 0 Å². The summed E-state index contributed by atoms with van der Waals surface area (Å²) in [6, 6.07) is 0. The van der Waals surface area contributed by atoms with E-state index in [9.17, 15) is 8.42 Å². The smallest absolute Gasteiger partial charge is 0.154 e. The highest BCUT2D eigenvalue weighted by molar-refractivity contribution is 7.91. The molecule has 0 spiro atoms. The van der Waals surface area contributed by atoms with Crippen LogP contribution in [0, 0.1) is 0 Å². The molecule has 0 atom stereocenters. The first-order chi connectivity index (χ1) is 7.83. The summed E-state index contributed by atoms with van der Waals surface area (Å²) in [5, 5.41) is 0. The fourth-order valence-corrected chi connectivity index (χ4v) is 3.03. The maximum atomic E-state index is 11.7. The average molecular weight is 288 g/mol. The van der Waals surface area contributed by atoms with Crippen LogP contribution in [0.1, 0.15) is 20.8 Å². The van der Waals surface area contributed by atoms with Gasteiger partial charge in [-0.15, -0.1) is 0 Å². The molecule has 7 heteroatoms. The van der Waals surface area contributed by atoms with Crippen molar-refractivity contribution in [3.63, 3.8) is 0 Å². The first kappa shape index (κ1) is 17.1. The summed E-state index contributed by atoms with van der Waals surface area (Å²) in [5.41, 5.74) is -0.633. The zero-order chi connectivity index (χ0) is 13.4. The average Bonchev–Trinajstić information content (AvgIpc) is 2.22. The van der Waals surface area contributed by atoms with Crippen molar-refractivity contribution in [1.82, 2.24) is 4.84 Å². The Balaban J connectivity index is 3.80. The maximum absolute atomic E-state index is 11.7. The molecular weight excluding hydrogens is 266 g/mol. The molecule has 0 unspecified atom stereocenters. The van der Waals surface area contributed by atoms with Crippen LogP contribution in [0.5, 0.6) is 0 Å². The summed E-state index contributed by atoms with van der Waals surface area (Å²) in [5.74, 6) is -0.0144. The summed E-state index contributed by atoms with van der Waals surface area (Å²) in [4.78, 5) is 2.45. The lowest BCUT2D eigenvalue weighted by Gasteiger charge is -2.21. The molecule has 0 radical (unpaired) electrons. The number of nitrogens with one attached hydrogen (secondary N) is 1. The minimum Gasteiger partial charge on any atom is -0.379 e. The molecule has 0 aliphatic heterocycles. The van der Waals surface area contributed by atoms with E-state index in [-0.39, 0.29) is 18.1 Å². The topological polar surface area (TPSA) is 64.6 Å². The van der Waals surface area contributed by atoms with Gasteiger partial charge in [-0.05, 0) is 32.5 Å². The Labute approximate surface area is 109 Å². The van der Waals surface area contributed by atoms with Crippen LogP contribution in [-0.2, 0) is 19.3 Å². The Bertz CT molecular complexity index is 293. The van der Waals surface area contributed by atoms with E-state index in [2.05, 4.69) is 4.84 Å².